The van der Waals surface area contributed by atoms with E-state index in [9.17, 15) is 13.2 Å². The Bertz CT molecular complexity index is 1000. The summed E-state index contributed by atoms with van der Waals surface area (Å²) in [6.07, 6.45) is 2.03. The molecular formula is C20H21NO3S. The number of rotatable bonds is 4. The fourth-order valence-corrected chi connectivity index (χ4v) is 3.73. The van der Waals surface area contributed by atoms with Gasteiger partial charge in [-0.3, -0.25) is 9.10 Å². The molecule has 1 aliphatic carbocycles. The van der Waals surface area contributed by atoms with Gasteiger partial charge in [-0.2, -0.15) is 0 Å². The summed E-state index contributed by atoms with van der Waals surface area (Å²) in [4.78, 5) is 11.7. The number of benzene rings is 2. The summed E-state index contributed by atoms with van der Waals surface area (Å²) in [5.74, 6) is 0.0391. The van der Waals surface area contributed by atoms with Crippen molar-refractivity contribution in [2.45, 2.75) is 20.3 Å². The smallest absolute Gasteiger partial charge is 0.231 e. The maximum Gasteiger partial charge on any atom is 0.231 e. The minimum atomic E-state index is -3.32. The molecule has 0 fully saturated rings. The molecule has 1 aliphatic rings. The summed E-state index contributed by atoms with van der Waals surface area (Å²) in [7, 11) is -1.77. The number of Topliss-reactive ketones (excluding diaryl/α,β-unsaturated/α-hetero) is 1. The van der Waals surface area contributed by atoms with E-state index < -0.39 is 10.0 Å². The average Bonchev–Trinajstić information content (AvgIpc) is 2.88. The van der Waals surface area contributed by atoms with Gasteiger partial charge in [0.2, 0.25) is 10.0 Å². The van der Waals surface area contributed by atoms with Crippen molar-refractivity contribution in [2.24, 2.45) is 0 Å². The normalized spacial score (nSPS) is 13.8. The lowest BCUT2D eigenvalue weighted by Crippen LogP contribution is -2.24. The molecule has 130 valence electrons. The highest BCUT2D eigenvalue weighted by Crippen LogP contribution is 2.38. The third kappa shape index (κ3) is 3.24. The van der Waals surface area contributed by atoms with Gasteiger partial charge in [0.15, 0.2) is 5.78 Å². The van der Waals surface area contributed by atoms with Crippen LogP contribution in [0.15, 0.2) is 48.0 Å². The maximum absolute atomic E-state index is 11.8. The van der Waals surface area contributed by atoms with E-state index in [4.69, 9.17) is 0 Å². The number of sulfonamides is 1. The van der Waals surface area contributed by atoms with E-state index in [1.807, 2.05) is 36.4 Å². The van der Waals surface area contributed by atoms with Crippen LogP contribution in [0.5, 0.6) is 0 Å². The van der Waals surface area contributed by atoms with Gasteiger partial charge in [0, 0.05) is 12.6 Å². The number of carbonyl (C=O) groups excluding carboxylic acids is 1. The first kappa shape index (κ1) is 17.4. The fourth-order valence-electron chi connectivity index (χ4n) is 3.24. The van der Waals surface area contributed by atoms with E-state index in [0.717, 1.165) is 23.1 Å². The molecule has 2 aromatic rings. The summed E-state index contributed by atoms with van der Waals surface area (Å²) in [6.45, 7) is 3.64. The molecule has 2 aromatic carbocycles. The van der Waals surface area contributed by atoms with Crippen LogP contribution in [-0.2, 0) is 16.4 Å². The van der Waals surface area contributed by atoms with Gasteiger partial charge in [-0.25, -0.2) is 8.42 Å². The summed E-state index contributed by atoms with van der Waals surface area (Å²) < 4.78 is 24.9. The molecule has 4 nitrogen and oxygen atoms in total. The van der Waals surface area contributed by atoms with Crippen molar-refractivity contribution in [3.05, 3.63) is 70.3 Å². The minimum absolute atomic E-state index is 0.0391. The van der Waals surface area contributed by atoms with E-state index in [1.165, 1.54) is 21.7 Å². The van der Waals surface area contributed by atoms with E-state index in [-0.39, 0.29) is 5.78 Å². The number of anilines is 1. The topological polar surface area (TPSA) is 54.5 Å². The van der Waals surface area contributed by atoms with Crippen molar-refractivity contribution in [2.75, 3.05) is 17.6 Å². The fraction of sp³-hybridized carbons (Fsp3) is 0.250. The molecule has 3 rings (SSSR count). The Morgan fingerprint density at radius 1 is 1.12 bits per heavy atom. The molecule has 0 spiro atoms. The number of hydrogen-bond donors (Lipinski definition) is 0. The molecule has 0 aromatic heterocycles. The van der Waals surface area contributed by atoms with Gasteiger partial charge in [-0.15, -0.1) is 0 Å². The second kappa shape index (κ2) is 6.15. The molecule has 0 bridgehead atoms. The molecule has 25 heavy (non-hydrogen) atoms. The predicted octanol–water partition coefficient (Wildman–Crippen LogP) is 3.66. The number of carbonyl (C=O) groups is 1. The predicted molar refractivity (Wildman–Crippen MR) is 102 cm³/mol. The van der Waals surface area contributed by atoms with Crippen molar-refractivity contribution in [3.63, 3.8) is 0 Å². The van der Waals surface area contributed by atoms with Crippen LogP contribution in [0.1, 0.15) is 40.9 Å². The van der Waals surface area contributed by atoms with Crippen LogP contribution in [0.4, 0.5) is 5.69 Å². The summed E-state index contributed by atoms with van der Waals surface area (Å²) >= 11 is 0. The Hall–Kier alpha value is -2.40. The van der Waals surface area contributed by atoms with E-state index in [1.54, 1.807) is 20.0 Å². The number of nitrogens with zero attached hydrogens (tertiary/aromatic N) is 1. The first-order valence-corrected chi connectivity index (χ1v) is 9.91. The highest BCUT2D eigenvalue weighted by Gasteiger charge is 2.22. The molecule has 0 saturated carbocycles. The highest BCUT2D eigenvalue weighted by atomic mass is 32.2. The molecular weight excluding hydrogens is 334 g/mol. The maximum atomic E-state index is 11.8. The van der Waals surface area contributed by atoms with Gasteiger partial charge in [0.1, 0.15) is 0 Å². The Morgan fingerprint density at radius 3 is 2.48 bits per heavy atom. The SMILES string of the molecule is CC(=O)c1ccc2c(c1)C(c1cccc(N(C)S(C)(=O)=O)c1)=C(C)C2. The van der Waals surface area contributed by atoms with E-state index in [0.29, 0.717) is 11.3 Å². The molecule has 0 radical (unpaired) electrons. The van der Waals surface area contributed by atoms with Crippen LogP contribution in [0.2, 0.25) is 0 Å². The van der Waals surface area contributed by atoms with Gasteiger partial charge in [-0.05, 0) is 60.7 Å². The second-order valence-electron chi connectivity index (χ2n) is 6.54. The van der Waals surface area contributed by atoms with Crippen LogP contribution in [0.25, 0.3) is 5.57 Å². The average molecular weight is 355 g/mol. The van der Waals surface area contributed by atoms with Gasteiger partial charge in [0.25, 0.3) is 0 Å². The standard InChI is InChI=1S/C20H21NO3S/c1-13-10-16-9-8-15(14(2)22)12-19(16)20(13)17-6-5-7-18(11-17)21(3)25(4,23)24/h5-9,11-12H,10H2,1-4H3. The Balaban J connectivity index is 2.11. The number of ketones is 1. The summed E-state index contributed by atoms with van der Waals surface area (Å²) in [5.41, 5.74) is 6.83. The van der Waals surface area contributed by atoms with Crippen LogP contribution < -0.4 is 4.31 Å². The second-order valence-corrected chi connectivity index (χ2v) is 8.55. The van der Waals surface area contributed by atoms with Crippen molar-refractivity contribution in [1.82, 2.24) is 0 Å². The van der Waals surface area contributed by atoms with Crippen molar-refractivity contribution >= 4 is 27.1 Å². The molecule has 0 atom stereocenters. The first-order valence-electron chi connectivity index (χ1n) is 8.07. The lowest BCUT2D eigenvalue weighted by molar-refractivity contribution is 0.101. The van der Waals surface area contributed by atoms with Crippen LogP contribution >= 0.6 is 0 Å². The van der Waals surface area contributed by atoms with Gasteiger partial charge < -0.3 is 0 Å². The molecule has 0 aliphatic heterocycles. The zero-order chi connectivity index (χ0) is 18.4. The van der Waals surface area contributed by atoms with Crippen molar-refractivity contribution in [1.29, 1.82) is 0 Å². The first-order chi connectivity index (χ1) is 11.7. The summed E-state index contributed by atoms with van der Waals surface area (Å²) in [5, 5.41) is 0. The van der Waals surface area contributed by atoms with Gasteiger partial charge in [-0.1, -0.05) is 29.8 Å². The quantitative estimate of drug-likeness (QED) is 0.787. The lowest BCUT2D eigenvalue weighted by atomic mass is 9.95. The molecule has 0 heterocycles. The zero-order valence-electron chi connectivity index (χ0n) is 14.8. The van der Waals surface area contributed by atoms with Crippen molar-refractivity contribution < 1.29 is 13.2 Å². The highest BCUT2D eigenvalue weighted by molar-refractivity contribution is 7.92. The molecule has 5 heteroatoms. The third-order valence-corrected chi connectivity index (χ3v) is 5.87. The molecule has 0 unspecified atom stereocenters. The monoisotopic (exact) mass is 355 g/mol. The Kier molecular flexibility index (Phi) is 4.29. The minimum Gasteiger partial charge on any atom is -0.295 e. The lowest BCUT2D eigenvalue weighted by Gasteiger charge is -2.18. The number of allylic oxidation sites excluding steroid dienone is 1. The van der Waals surface area contributed by atoms with Crippen LogP contribution in [-0.4, -0.2) is 27.5 Å². The molecule has 0 saturated heterocycles. The molecule has 0 N–H and O–H groups in total. The summed E-state index contributed by atoms with van der Waals surface area (Å²) in [6, 6.07) is 13.3. The van der Waals surface area contributed by atoms with Gasteiger partial charge >= 0.3 is 0 Å². The Labute approximate surface area is 148 Å². The third-order valence-electron chi connectivity index (χ3n) is 4.66. The van der Waals surface area contributed by atoms with E-state index >= 15 is 0 Å². The largest absolute Gasteiger partial charge is 0.295 e. The van der Waals surface area contributed by atoms with E-state index in [2.05, 4.69) is 6.92 Å². The number of hydrogen-bond acceptors (Lipinski definition) is 3. The Morgan fingerprint density at radius 2 is 1.84 bits per heavy atom. The zero-order valence-corrected chi connectivity index (χ0v) is 15.6. The van der Waals surface area contributed by atoms with Gasteiger partial charge in [0.05, 0.1) is 11.9 Å². The van der Waals surface area contributed by atoms with Crippen LogP contribution in [0, 0.1) is 0 Å². The van der Waals surface area contributed by atoms with Crippen LogP contribution in [0.3, 0.4) is 0 Å². The number of fused-ring (bicyclic) bond motifs is 1. The van der Waals surface area contributed by atoms with Crippen molar-refractivity contribution in [3.8, 4) is 0 Å². The molecule has 0 amide bonds.